The zero-order chi connectivity index (χ0) is 18.9. The average molecular weight is 358 g/mol. The van der Waals surface area contributed by atoms with Crippen molar-refractivity contribution in [3.05, 3.63) is 35.9 Å². The van der Waals surface area contributed by atoms with Crippen LogP contribution in [0.15, 0.2) is 30.3 Å². The van der Waals surface area contributed by atoms with Gasteiger partial charge in [0.15, 0.2) is 0 Å². The van der Waals surface area contributed by atoms with E-state index < -0.39 is 29.1 Å². The van der Waals surface area contributed by atoms with Crippen LogP contribution in [0, 0.1) is 5.41 Å². The van der Waals surface area contributed by atoms with Crippen LogP contribution in [-0.4, -0.2) is 36.4 Å². The first-order chi connectivity index (χ1) is 11.5. The normalized spacial score (nSPS) is 26.6. The Morgan fingerprint density at radius 3 is 2.44 bits per heavy atom. The van der Waals surface area contributed by atoms with Crippen molar-refractivity contribution in [3.8, 4) is 0 Å². The number of benzene rings is 1. The number of hydrogen-bond donors (Lipinski definition) is 2. The van der Waals surface area contributed by atoms with Gasteiger partial charge in [0, 0.05) is 24.9 Å². The molecule has 1 fully saturated rings. The Balaban J connectivity index is 2.12. The van der Waals surface area contributed by atoms with Gasteiger partial charge in [0.05, 0.1) is 6.10 Å². The number of halogens is 3. The fraction of sp³-hybridized carbons (Fsp3) is 0.611. The molecule has 1 aromatic carbocycles. The van der Waals surface area contributed by atoms with Crippen LogP contribution in [0.2, 0.25) is 0 Å². The highest BCUT2D eigenvalue weighted by atomic mass is 19.4. The predicted octanol–water partition coefficient (Wildman–Crippen LogP) is 2.81. The van der Waals surface area contributed by atoms with Crippen molar-refractivity contribution in [2.45, 2.75) is 57.5 Å². The van der Waals surface area contributed by atoms with Crippen molar-refractivity contribution in [2.24, 2.45) is 11.1 Å². The maximum atomic E-state index is 13.4. The van der Waals surface area contributed by atoms with Gasteiger partial charge in [-0.25, -0.2) is 0 Å². The Labute approximate surface area is 145 Å². The first-order valence-corrected chi connectivity index (χ1v) is 8.34. The number of ether oxygens (including phenoxy) is 1. The van der Waals surface area contributed by atoms with Crippen LogP contribution in [0.4, 0.5) is 13.2 Å². The Hall–Kier alpha value is -1.60. The van der Waals surface area contributed by atoms with Crippen LogP contribution in [-0.2, 0) is 16.0 Å². The molecule has 0 bridgehead atoms. The Morgan fingerprint density at radius 2 is 1.96 bits per heavy atom. The minimum Gasteiger partial charge on any atom is -0.378 e. The quantitative estimate of drug-likeness (QED) is 0.822. The van der Waals surface area contributed by atoms with Gasteiger partial charge in [0.25, 0.3) is 0 Å². The van der Waals surface area contributed by atoms with Crippen LogP contribution >= 0.6 is 0 Å². The lowest BCUT2D eigenvalue weighted by Crippen LogP contribution is -2.76. The topological polar surface area (TPSA) is 64.3 Å². The van der Waals surface area contributed by atoms with E-state index in [1.807, 2.05) is 6.92 Å². The molecule has 1 aliphatic rings. The summed E-state index contributed by atoms with van der Waals surface area (Å²) in [5, 5.41) is 2.12. The van der Waals surface area contributed by atoms with E-state index in [0.717, 1.165) is 0 Å². The Bertz CT molecular complexity index is 604. The molecule has 1 aromatic rings. The molecule has 0 aliphatic heterocycles. The smallest absolute Gasteiger partial charge is 0.378 e. The Morgan fingerprint density at radius 1 is 1.36 bits per heavy atom. The lowest BCUT2D eigenvalue weighted by molar-refractivity contribution is -0.182. The van der Waals surface area contributed by atoms with Crippen molar-refractivity contribution in [1.29, 1.82) is 0 Å². The van der Waals surface area contributed by atoms with Crippen LogP contribution in [0.3, 0.4) is 0 Å². The van der Waals surface area contributed by atoms with Crippen LogP contribution in [0.25, 0.3) is 0 Å². The van der Waals surface area contributed by atoms with E-state index in [4.69, 9.17) is 10.5 Å². The second-order valence-electron chi connectivity index (χ2n) is 7.10. The van der Waals surface area contributed by atoms with Gasteiger partial charge in [-0.3, -0.25) is 4.79 Å². The highest BCUT2D eigenvalue weighted by molar-refractivity contribution is 5.89. The highest BCUT2D eigenvalue weighted by Crippen LogP contribution is 2.50. The minimum absolute atomic E-state index is 0.204. The number of carbonyl (C=O) groups is 1. The van der Waals surface area contributed by atoms with Gasteiger partial charge >= 0.3 is 6.18 Å². The van der Waals surface area contributed by atoms with E-state index in [-0.39, 0.29) is 18.9 Å². The number of amides is 1. The standard InChI is InChI=1S/C18H25F3N2O2/c1-4-25-14-11-17(22,16(14,2)3)15(24)23-13(18(19,20)21)10-12-8-6-5-7-9-12/h5-9,13-14H,4,10-11,22H2,1-3H3,(H,23,24). The van der Waals surface area contributed by atoms with Crippen molar-refractivity contribution in [3.63, 3.8) is 0 Å². The van der Waals surface area contributed by atoms with Gasteiger partial charge in [-0.05, 0) is 12.5 Å². The maximum Gasteiger partial charge on any atom is 0.408 e. The number of nitrogens with one attached hydrogen (secondary N) is 1. The first-order valence-electron chi connectivity index (χ1n) is 8.34. The summed E-state index contributed by atoms with van der Waals surface area (Å²) in [6.45, 7) is 5.78. The summed E-state index contributed by atoms with van der Waals surface area (Å²) < 4.78 is 45.7. The number of rotatable bonds is 6. The monoisotopic (exact) mass is 358 g/mol. The molecule has 0 radical (unpaired) electrons. The minimum atomic E-state index is -4.56. The van der Waals surface area contributed by atoms with Gasteiger partial charge < -0.3 is 15.8 Å². The van der Waals surface area contributed by atoms with Gasteiger partial charge in [0.1, 0.15) is 11.6 Å². The number of nitrogens with two attached hydrogens (primary N) is 1. The molecule has 0 spiro atoms. The molecule has 3 N–H and O–H groups in total. The lowest BCUT2D eigenvalue weighted by atomic mass is 9.54. The predicted molar refractivity (Wildman–Crippen MR) is 88.9 cm³/mol. The van der Waals surface area contributed by atoms with E-state index in [1.165, 1.54) is 0 Å². The zero-order valence-electron chi connectivity index (χ0n) is 14.7. The molecule has 0 aromatic heterocycles. The number of carbonyl (C=O) groups excluding carboxylic acids is 1. The molecule has 4 nitrogen and oxygen atoms in total. The average Bonchev–Trinajstić information content (AvgIpc) is 2.53. The molecule has 3 atom stereocenters. The summed E-state index contributed by atoms with van der Waals surface area (Å²) in [6, 6.07) is 6.27. The molecule has 1 aliphatic carbocycles. The second kappa shape index (κ2) is 6.96. The number of hydrogen-bond acceptors (Lipinski definition) is 3. The fourth-order valence-electron chi connectivity index (χ4n) is 3.21. The molecule has 3 unspecified atom stereocenters. The largest absolute Gasteiger partial charge is 0.408 e. The van der Waals surface area contributed by atoms with Gasteiger partial charge in [0.2, 0.25) is 5.91 Å². The molecular weight excluding hydrogens is 333 g/mol. The molecule has 2 rings (SSSR count). The molecular formula is C18H25F3N2O2. The fourth-order valence-corrected chi connectivity index (χ4v) is 3.21. The SMILES string of the molecule is CCOC1CC(N)(C(=O)NC(Cc2ccccc2)C(F)(F)F)C1(C)C. The van der Waals surface area contributed by atoms with E-state index in [9.17, 15) is 18.0 Å². The van der Waals surface area contributed by atoms with Gasteiger partial charge in [-0.15, -0.1) is 0 Å². The lowest BCUT2D eigenvalue weighted by Gasteiger charge is -2.57. The summed E-state index contributed by atoms with van der Waals surface area (Å²) in [6.07, 6.45) is -4.93. The molecule has 0 saturated heterocycles. The number of alkyl halides is 3. The third-order valence-corrected chi connectivity index (χ3v) is 5.22. The van der Waals surface area contributed by atoms with Gasteiger partial charge in [-0.1, -0.05) is 44.2 Å². The van der Waals surface area contributed by atoms with Crippen LogP contribution in [0.1, 0.15) is 32.8 Å². The summed E-state index contributed by atoms with van der Waals surface area (Å²) in [4.78, 5) is 12.6. The molecule has 25 heavy (non-hydrogen) atoms. The third-order valence-electron chi connectivity index (χ3n) is 5.22. The summed E-state index contributed by atoms with van der Waals surface area (Å²) in [7, 11) is 0. The summed E-state index contributed by atoms with van der Waals surface area (Å²) in [5.41, 5.74) is 4.54. The summed E-state index contributed by atoms with van der Waals surface area (Å²) >= 11 is 0. The Kier molecular flexibility index (Phi) is 5.49. The van der Waals surface area contributed by atoms with E-state index in [0.29, 0.717) is 12.2 Å². The first kappa shape index (κ1) is 19.7. The van der Waals surface area contributed by atoms with Gasteiger partial charge in [-0.2, -0.15) is 13.2 Å². The second-order valence-corrected chi connectivity index (χ2v) is 7.10. The van der Waals surface area contributed by atoms with Crippen molar-refractivity contribution in [2.75, 3.05) is 6.61 Å². The molecule has 0 heterocycles. The third kappa shape index (κ3) is 3.82. The van der Waals surface area contributed by atoms with Crippen molar-refractivity contribution in [1.82, 2.24) is 5.32 Å². The molecule has 1 saturated carbocycles. The summed E-state index contributed by atoms with van der Waals surface area (Å²) in [5.74, 6) is -0.785. The zero-order valence-corrected chi connectivity index (χ0v) is 14.7. The van der Waals surface area contributed by atoms with Crippen LogP contribution < -0.4 is 11.1 Å². The van der Waals surface area contributed by atoms with E-state index in [2.05, 4.69) is 5.32 Å². The van der Waals surface area contributed by atoms with Crippen molar-refractivity contribution < 1.29 is 22.7 Å². The molecule has 7 heteroatoms. The highest BCUT2D eigenvalue weighted by Gasteiger charge is 2.63. The van der Waals surface area contributed by atoms with E-state index >= 15 is 0 Å². The van der Waals surface area contributed by atoms with E-state index in [1.54, 1.807) is 44.2 Å². The van der Waals surface area contributed by atoms with Crippen LogP contribution in [0.5, 0.6) is 0 Å². The van der Waals surface area contributed by atoms with Crippen molar-refractivity contribution >= 4 is 5.91 Å². The maximum absolute atomic E-state index is 13.4. The molecule has 140 valence electrons. The molecule has 1 amide bonds.